The Hall–Kier alpha value is -2.58. The van der Waals surface area contributed by atoms with Crippen LogP contribution in [0.4, 0.5) is 0 Å². The Morgan fingerprint density at radius 2 is 1.70 bits per heavy atom. The number of nitrogens with one attached hydrogen (secondary N) is 1. The first-order valence-electron chi connectivity index (χ1n) is 10.2. The molecule has 2 aromatic rings. The molecule has 1 heterocycles. The zero-order valence-corrected chi connectivity index (χ0v) is 17.9. The molecule has 3 rings (SSSR count). The standard InChI is InChI=1S/C22H28N2O5S/c1-2-21(29-19-8-4-3-5-9-19)22(25)23-14-17-28-18-10-12-20(13-11-18)30(26,27)24-15-6-7-16-24/h3-5,8-13,21H,2,6-7,14-17H2,1H3,(H,23,25). The summed E-state index contributed by atoms with van der Waals surface area (Å²) < 4.78 is 37.9. The maximum Gasteiger partial charge on any atom is 0.261 e. The summed E-state index contributed by atoms with van der Waals surface area (Å²) in [7, 11) is -3.42. The predicted molar refractivity (Wildman–Crippen MR) is 114 cm³/mol. The first kappa shape index (κ1) is 22.1. The first-order chi connectivity index (χ1) is 14.5. The molecule has 1 fully saturated rings. The highest BCUT2D eigenvalue weighted by Gasteiger charge is 2.27. The van der Waals surface area contributed by atoms with E-state index < -0.39 is 16.1 Å². The van der Waals surface area contributed by atoms with E-state index in [1.165, 1.54) is 4.31 Å². The zero-order chi connectivity index (χ0) is 21.4. The summed E-state index contributed by atoms with van der Waals surface area (Å²) >= 11 is 0. The molecule has 2 aromatic carbocycles. The Balaban J connectivity index is 1.44. The van der Waals surface area contributed by atoms with Gasteiger partial charge in [-0.3, -0.25) is 4.79 Å². The first-order valence-corrected chi connectivity index (χ1v) is 11.7. The number of nitrogens with zero attached hydrogens (tertiary/aromatic N) is 1. The van der Waals surface area contributed by atoms with Crippen LogP contribution in [0, 0.1) is 0 Å². The van der Waals surface area contributed by atoms with Crippen LogP contribution in [-0.2, 0) is 14.8 Å². The van der Waals surface area contributed by atoms with Gasteiger partial charge in [-0.15, -0.1) is 0 Å². The molecule has 162 valence electrons. The van der Waals surface area contributed by atoms with Gasteiger partial charge in [-0.05, 0) is 55.7 Å². The average molecular weight is 433 g/mol. The Labute approximate surface area is 178 Å². The number of para-hydroxylation sites is 1. The third-order valence-corrected chi connectivity index (χ3v) is 6.79. The van der Waals surface area contributed by atoms with Crippen molar-refractivity contribution in [3.8, 4) is 11.5 Å². The minimum atomic E-state index is -3.42. The fraction of sp³-hybridized carbons (Fsp3) is 0.409. The highest BCUT2D eigenvalue weighted by atomic mass is 32.2. The Morgan fingerprint density at radius 1 is 1.03 bits per heavy atom. The summed E-state index contributed by atoms with van der Waals surface area (Å²) in [5.74, 6) is 1.01. The van der Waals surface area contributed by atoms with E-state index in [1.54, 1.807) is 24.3 Å². The SMILES string of the molecule is CCC(Oc1ccccc1)C(=O)NCCOc1ccc(S(=O)(=O)N2CCCC2)cc1. The molecule has 0 spiro atoms. The van der Waals surface area contributed by atoms with E-state index in [4.69, 9.17) is 9.47 Å². The molecule has 1 amide bonds. The number of hydrogen-bond acceptors (Lipinski definition) is 5. The molecular formula is C22H28N2O5S. The molecule has 0 aliphatic carbocycles. The number of carbonyl (C=O) groups excluding carboxylic acids is 1. The van der Waals surface area contributed by atoms with Crippen LogP contribution in [0.1, 0.15) is 26.2 Å². The lowest BCUT2D eigenvalue weighted by Gasteiger charge is -2.17. The third kappa shape index (κ3) is 5.73. The van der Waals surface area contributed by atoms with Gasteiger partial charge in [0.15, 0.2) is 6.10 Å². The van der Waals surface area contributed by atoms with Gasteiger partial charge in [0, 0.05) is 13.1 Å². The smallest absolute Gasteiger partial charge is 0.261 e. The number of carbonyl (C=O) groups is 1. The molecule has 1 aliphatic rings. The topological polar surface area (TPSA) is 84.9 Å². The number of hydrogen-bond donors (Lipinski definition) is 1. The van der Waals surface area contributed by atoms with Gasteiger partial charge in [0.2, 0.25) is 10.0 Å². The predicted octanol–water partition coefficient (Wildman–Crippen LogP) is 2.82. The summed E-state index contributed by atoms with van der Waals surface area (Å²) in [5, 5.41) is 2.81. The van der Waals surface area contributed by atoms with Gasteiger partial charge in [0.25, 0.3) is 5.91 Å². The molecule has 8 heteroatoms. The van der Waals surface area contributed by atoms with Gasteiger partial charge < -0.3 is 14.8 Å². The van der Waals surface area contributed by atoms with Gasteiger partial charge in [0.05, 0.1) is 11.4 Å². The quantitative estimate of drug-likeness (QED) is 0.584. The molecule has 0 saturated carbocycles. The van der Waals surface area contributed by atoms with Gasteiger partial charge in [-0.1, -0.05) is 25.1 Å². The normalized spacial score (nSPS) is 15.5. The third-order valence-electron chi connectivity index (χ3n) is 4.88. The van der Waals surface area contributed by atoms with Crippen molar-refractivity contribution in [1.29, 1.82) is 0 Å². The second-order valence-electron chi connectivity index (χ2n) is 7.05. The van der Waals surface area contributed by atoms with E-state index in [-0.39, 0.29) is 17.4 Å². The summed E-state index contributed by atoms with van der Waals surface area (Å²) in [5.41, 5.74) is 0. The van der Waals surface area contributed by atoms with E-state index in [0.717, 1.165) is 12.8 Å². The van der Waals surface area contributed by atoms with Gasteiger partial charge in [-0.25, -0.2) is 8.42 Å². The van der Waals surface area contributed by atoms with Crippen molar-refractivity contribution in [1.82, 2.24) is 9.62 Å². The lowest BCUT2D eigenvalue weighted by molar-refractivity contribution is -0.128. The minimum Gasteiger partial charge on any atom is -0.492 e. The summed E-state index contributed by atoms with van der Waals surface area (Å²) in [6.07, 6.45) is 1.79. The summed E-state index contributed by atoms with van der Waals surface area (Å²) in [4.78, 5) is 12.6. The minimum absolute atomic E-state index is 0.197. The number of amides is 1. The van der Waals surface area contributed by atoms with Crippen LogP contribution in [0.2, 0.25) is 0 Å². The monoisotopic (exact) mass is 432 g/mol. The molecule has 1 unspecified atom stereocenters. The Kier molecular flexibility index (Phi) is 7.70. The van der Waals surface area contributed by atoms with Gasteiger partial charge in [0.1, 0.15) is 18.1 Å². The van der Waals surface area contributed by atoms with Crippen LogP contribution in [0.25, 0.3) is 0 Å². The molecule has 1 atom stereocenters. The number of rotatable bonds is 10. The van der Waals surface area contributed by atoms with Crippen molar-refractivity contribution < 1.29 is 22.7 Å². The largest absolute Gasteiger partial charge is 0.492 e. The average Bonchev–Trinajstić information content (AvgIpc) is 3.32. The van der Waals surface area contributed by atoms with E-state index in [9.17, 15) is 13.2 Å². The van der Waals surface area contributed by atoms with Crippen molar-refractivity contribution in [3.63, 3.8) is 0 Å². The molecule has 30 heavy (non-hydrogen) atoms. The maximum absolute atomic E-state index is 12.5. The fourth-order valence-electron chi connectivity index (χ4n) is 3.23. The number of benzene rings is 2. The molecule has 1 N–H and O–H groups in total. The van der Waals surface area contributed by atoms with E-state index in [2.05, 4.69) is 5.32 Å². The van der Waals surface area contributed by atoms with Gasteiger partial charge >= 0.3 is 0 Å². The van der Waals surface area contributed by atoms with Crippen LogP contribution in [0.15, 0.2) is 59.5 Å². The Morgan fingerprint density at radius 3 is 2.33 bits per heavy atom. The highest BCUT2D eigenvalue weighted by Crippen LogP contribution is 2.22. The van der Waals surface area contributed by atoms with Crippen molar-refractivity contribution in [2.24, 2.45) is 0 Å². The van der Waals surface area contributed by atoms with E-state index in [0.29, 0.717) is 37.6 Å². The van der Waals surface area contributed by atoms with Crippen LogP contribution in [0.3, 0.4) is 0 Å². The molecule has 0 aromatic heterocycles. The lowest BCUT2D eigenvalue weighted by atomic mass is 10.2. The molecule has 0 bridgehead atoms. The lowest BCUT2D eigenvalue weighted by Crippen LogP contribution is -2.39. The molecular weight excluding hydrogens is 404 g/mol. The van der Waals surface area contributed by atoms with Gasteiger partial charge in [-0.2, -0.15) is 4.31 Å². The molecule has 1 aliphatic heterocycles. The number of ether oxygens (including phenoxy) is 2. The number of sulfonamides is 1. The van der Waals surface area contributed by atoms with Crippen LogP contribution >= 0.6 is 0 Å². The fourth-order valence-corrected chi connectivity index (χ4v) is 4.74. The van der Waals surface area contributed by atoms with E-state index in [1.807, 2.05) is 37.3 Å². The van der Waals surface area contributed by atoms with Crippen LogP contribution in [-0.4, -0.2) is 51.0 Å². The van der Waals surface area contributed by atoms with Crippen molar-refractivity contribution in [2.45, 2.75) is 37.2 Å². The van der Waals surface area contributed by atoms with Crippen LogP contribution < -0.4 is 14.8 Å². The van der Waals surface area contributed by atoms with Crippen molar-refractivity contribution in [3.05, 3.63) is 54.6 Å². The van der Waals surface area contributed by atoms with E-state index >= 15 is 0 Å². The second kappa shape index (κ2) is 10.4. The van der Waals surface area contributed by atoms with Crippen molar-refractivity contribution >= 4 is 15.9 Å². The Bertz CT molecular complexity index is 910. The van der Waals surface area contributed by atoms with Crippen LogP contribution in [0.5, 0.6) is 11.5 Å². The molecule has 0 radical (unpaired) electrons. The highest BCUT2D eigenvalue weighted by molar-refractivity contribution is 7.89. The molecule has 1 saturated heterocycles. The maximum atomic E-state index is 12.5. The summed E-state index contributed by atoms with van der Waals surface area (Å²) in [6, 6.07) is 15.6. The zero-order valence-electron chi connectivity index (χ0n) is 17.1. The molecule has 7 nitrogen and oxygen atoms in total. The van der Waals surface area contributed by atoms with Crippen molar-refractivity contribution in [2.75, 3.05) is 26.2 Å². The summed E-state index contributed by atoms with van der Waals surface area (Å²) in [6.45, 7) is 3.63. The second-order valence-corrected chi connectivity index (χ2v) is 8.99.